The summed E-state index contributed by atoms with van der Waals surface area (Å²) in [7, 11) is 0. The number of H-pyrrole nitrogens is 1. The highest BCUT2D eigenvalue weighted by atomic mass is 16.2. The van der Waals surface area contributed by atoms with E-state index in [-0.39, 0.29) is 11.6 Å². The van der Waals surface area contributed by atoms with Gasteiger partial charge in [0.2, 0.25) is 0 Å². The number of hydrogen-bond acceptors (Lipinski definition) is 4. The number of aromatic nitrogens is 2. The third kappa shape index (κ3) is 3.03. The van der Waals surface area contributed by atoms with Crippen molar-refractivity contribution in [2.45, 2.75) is 39.2 Å². The zero-order valence-corrected chi connectivity index (χ0v) is 15.5. The van der Waals surface area contributed by atoms with Crippen LogP contribution in [0.1, 0.15) is 29.6 Å². The first-order valence-electron chi connectivity index (χ1n) is 9.24. The Kier molecular flexibility index (Phi) is 4.30. The quantitative estimate of drug-likeness (QED) is 0.705. The first kappa shape index (κ1) is 17.5. The van der Waals surface area contributed by atoms with Crippen LogP contribution >= 0.6 is 0 Å². The minimum atomic E-state index is -0.514. The molecule has 0 saturated carbocycles. The van der Waals surface area contributed by atoms with E-state index in [9.17, 15) is 14.4 Å². The molecular formula is C20H22N4O3. The Morgan fingerprint density at radius 1 is 1.15 bits per heavy atom. The number of aromatic amines is 1. The zero-order chi connectivity index (χ0) is 19.1. The Morgan fingerprint density at radius 2 is 1.89 bits per heavy atom. The van der Waals surface area contributed by atoms with Gasteiger partial charge in [0.05, 0.1) is 5.69 Å². The fourth-order valence-electron chi connectivity index (χ4n) is 4.05. The number of rotatable bonds is 0. The second kappa shape index (κ2) is 6.64. The molecule has 1 aromatic heterocycles. The molecular weight excluding hydrogens is 344 g/mol. The molecule has 0 aliphatic carbocycles. The summed E-state index contributed by atoms with van der Waals surface area (Å²) in [6.45, 7) is 4.42. The lowest BCUT2D eigenvalue weighted by Gasteiger charge is -2.26. The molecule has 1 N–H and O–H groups in total. The van der Waals surface area contributed by atoms with Crippen molar-refractivity contribution in [3.05, 3.63) is 57.3 Å². The molecule has 1 unspecified atom stereocenters. The lowest BCUT2D eigenvalue weighted by atomic mass is 10.1. The largest absolute Gasteiger partial charge is 0.334 e. The van der Waals surface area contributed by atoms with Gasteiger partial charge in [-0.2, -0.15) is 0 Å². The molecule has 0 bridgehead atoms. The molecule has 7 nitrogen and oxygen atoms in total. The molecule has 27 heavy (non-hydrogen) atoms. The van der Waals surface area contributed by atoms with Crippen molar-refractivity contribution in [2.75, 3.05) is 18.0 Å². The fraction of sp³-hybridized carbons (Fsp3) is 0.400. The third-order valence-corrected chi connectivity index (χ3v) is 5.37. The number of aryl methyl sites for hydroxylation is 1. The van der Waals surface area contributed by atoms with Crippen molar-refractivity contribution in [3.63, 3.8) is 0 Å². The number of fused-ring (bicyclic) bond motifs is 2. The van der Waals surface area contributed by atoms with Crippen LogP contribution in [0.3, 0.4) is 0 Å². The average molecular weight is 366 g/mol. The van der Waals surface area contributed by atoms with Gasteiger partial charge in [0.15, 0.2) is 0 Å². The molecule has 0 spiro atoms. The molecule has 2 aliphatic heterocycles. The van der Waals surface area contributed by atoms with Crippen molar-refractivity contribution >= 4 is 17.5 Å². The summed E-state index contributed by atoms with van der Waals surface area (Å²) < 4.78 is 0. The van der Waals surface area contributed by atoms with E-state index in [2.05, 4.69) is 9.97 Å². The van der Waals surface area contributed by atoms with E-state index in [4.69, 9.17) is 0 Å². The minimum Gasteiger partial charge on any atom is -0.334 e. The average Bonchev–Trinajstić information content (AvgIpc) is 2.82. The van der Waals surface area contributed by atoms with Crippen LogP contribution in [0.5, 0.6) is 0 Å². The zero-order valence-electron chi connectivity index (χ0n) is 15.5. The summed E-state index contributed by atoms with van der Waals surface area (Å²) in [5, 5.41) is 0. The summed E-state index contributed by atoms with van der Waals surface area (Å²) in [5.41, 5.74) is 3.08. The molecule has 0 radical (unpaired) electrons. The normalized spacial score (nSPS) is 18.7. The van der Waals surface area contributed by atoms with Crippen molar-refractivity contribution in [3.8, 4) is 0 Å². The summed E-state index contributed by atoms with van der Waals surface area (Å²) in [6, 6.07) is 7.65. The van der Waals surface area contributed by atoms with Gasteiger partial charge >= 0.3 is 11.8 Å². The Balaban J connectivity index is 1.55. The van der Waals surface area contributed by atoms with Gasteiger partial charge in [-0.15, -0.1) is 0 Å². The van der Waals surface area contributed by atoms with E-state index >= 15 is 0 Å². The van der Waals surface area contributed by atoms with E-state index in [0.717, 1.165) is 23.4 Å². The topological polar surface area (TPSA) is 86.4 Å². The van der Waals surface area contributed by atoms with Crippen molar-refractivity contribution in [1.29, 1.82) is 0 Å². The number of carbonyl (C=O) groups excluding carboxylic acids is 2. The van der Waals surface area contributed by atoms with Crippen molar-refractivity contribution in [1.82, 2.24) is 14.9 Å². The number of carbonyl (C=O) groups is 2. The highest BCUT2D eigenvalue weighted by Crippen LogP contribution is 2.32. The van der Waals surface area contributed by atoms with Crippen LogP contribution in [-0.2, 0) is 28.9 Å². The predicted molar refractivity (Wildman–Crippen MR) is 101 cm³/mol. The molecule has 1 aromatic carbocycles. The van der Waals surface area contributed by atoms with E-state index in [1.807, 2.05) is 31.2 Å². The summed E-state index contributed by atoms with van der Waals surface area (Å²) >= 11 is 0. The molecule has 2 aliphatic rings. The second-order valence-electron chi connectivity index (χ2n) is 7.23. The third-order valence-electron chi connectivity index (χ3n) is 5.37. The second-order valence-corrected chi connectivity index (χ2v) is 7.23. The van der Waals surface area contributed by atoms with Crippen LogP contribution in [0, 0.1) is 6.92 Å². The summed E-state index contributed by atoms with van der Waals surface area (Å²) in [6.07, 6.45) is 1.63. The molecule has 4 rings (SSSR count). The van der Waals surface area contributed by atoms with Gasteiger partial charge in [0, 0.05) is 36.8 Å². The van der Waals surface area contributed by atoms with Crippen molar-refractivity contribution < 1.29 is 9.59 Å². The molecule has 2 amide bonds. The van der Waals surface area contributed by atoms with E-state index in [1.165, 1.54) is 0 Å². The minimum absolute atomic E-state index is 0.0461. The number of anilines is 1. The summed E-state index contributed by atoms with van der Waals surface area (Å²) in [4.78, 5) is 48.3. The number of amides is 2. The maximum absolute atomic E-state index is 13.0. The standard InChI is InChI=1S/C20H22N4O3/c1-12-11-14-5-3-4-6-17(14)24(12)20(27)19(26)23-9-7-15-16(8-10-23)21-13(2)22-18(15)25/h3-6,12H,7-11H2,1-2H3,(H,21,22,25). The number of benzene rings is 1. The van der Waals surface area contributed by atoms with E-state index < -0.39 is 11.8 Å². The maximum Gasteiger partial charge on any atom is 0.316 e. The maximum atomic E-state index is 13.0. The highest BCUT2D eigenvalue weighted by Gasteiger charge is 2.36. The van der Waals surface area contributed by atoms with Crippen LogP contribution in [0.25, 0.3) is 0 Å². The van der Waals surface area contributed by atoms with Crippen LogP contribution < -0.4 is 10.5 Å². The fourth-order valence-corrected chi connectivity index (χ4v) is 4.05. The molecule has 0 fully saturated rings. The van der Waals surface area contributed by atoms with Gasteiger partial charge in [-0.05, 0) is 38.3 Å². The molecule has 140 valence electrons. The van der Waals surface area contributed by atoms with Gasteiger partial charge in [-0.25, -0.2) is 4.98 Å². The Bertz CT molecular complexity index is 981. The lowest BCUT2D eigenvalue weighted by Crippen LogP contribution is -2.48. The van der Waals surface area contributed by atoms with Crippen LogP contribution in [0.2, 0.25) is 0 Å². The van der Waals surface area contributed by atoms with E-state index in [1.54, 1.807) is 16.7 Å². The van der Waals surface area contributed by atoms with Crippen LogP contribution in [0.4, 0.5) is 5.69 Å². The molecule has 1 atom stereocenters. The predicted octanol–water partition coefficient (Wildman–Crippen LogP) is 0.983. The number of nitrogens with zero attached hydrogens (tertiary/aromatic N) is 3. The Hall–Kier alpha value is -2.96. The Labute approximate surface area is 157 Å². The molecule has 3 heterocycles. The van der Waals surface area contributed by atoms with Crippen LogP contribution in [-0.4, -0.2) is 45.8 Å². The number of nitrogens with one attached hydrogen (secondary N) is 1. The smallest absolute Gasteiger partial charge is 0.316 e. The van der Waals surface area contributed by atoms with E-state index in [0.29, 0.717) is 37.3 Å². The molecule has 7 heteroatoms. The lowest BCUT2D eigenvalue weighted by molar-refractivity contribution is -0.144. The first-order valence-corrected chi connectivity index (χ1v) is 9.24. The van der Waals surface area contributed by atoms with Gasteiger partial charge in [-0.1, -0.05) is 18.2 Å². The summed E-state index contributed by atoms with van der Waals surface area (Å²) in [5.74, 6) is -0.451. The number of para-hydroxylation sites is 1. The Morgan fingerprint density at radius 3 is 2.70 bits per heavy atom. The van der Waals surface area contributed by atoms with Gasteiger partial charge in [0.25, 0.3) is 5.56 Å². The molecule has 2 aromatic rings. The first-order chi connectivity index (χ1) is 13.0. The van der Waals surface area contributed by atoms with Gasteiger partial charge in [-0.3, -0.25) is 14.4 Å². The van der Waals surface area contributed by atoms with Crippen molar-refractivity contribution in [2.24, 2.45) is 0 Å². The number of hydrogen-bond donors (Lipinski definition) is 1. The van der Waals surface area contributed by atoms with Gasteiger partial charge < -0.3 is 14.8 Å². The van der Waals surface area contributed by atoms with Crippen LogP contribution in [0.15, 0.2) is 29.1 Å². The monoisotopic (exact) mass is 366 g/mol. The highest BCUT2D eigenvalue weighted by molar-refractivity contribution is 6.40. The van der Waals surface area contributed by atoms with Gasteiger partial charge in [0.1, 0.15) is 5.82 Å². The molecule has 0 saturated heterocycles. The SMILES string of the molecule is Cc1nc2c(c(=O)[nH]1)CCN(C(=O)C(=O)N1c3ccccc3CC1C)CC2.